The number of likely N-dealkylation sites (N-methyl/N-ethyl adjacent to an activating group) is 1. The van der Waals surface area contributed by atoms with Gasteiger partial charge >= 0.3 is 0 Å². The third-order valence-corrected chi connectivity index (χ3v) is 6.40. The second-order valence-electron chi connectivity index (χ2n) is 9.26. The molecule has 1 aromatic carbocycles. The van der Waals surface area contributed by atoms with E-state index in [0.717, 1.165) is 69.3 Å². The largest absolute Gasteiger partial charge is 0.493 e. The predicted octanol–water partition coefficient (Wildman–Crippen LogP) is 1.66. The van der Waals surface area contributed by atoms with E-state index in [4.69, 9.17) is 14.2 Å². The minimum Gasteiger partial charge on any atom is -0.493 e. The summed E-state index contributed by atoms with van der Waals surface area (Å²) in [7, 11) is 3.71. The number of hydrogen-bond acceptors (Lipinski definition) is 9. The van der Waals surface area contributed by atoms with E-state index in [-0.39, 0.29) is 0 Å². The molecule has 2 aromatic rings. The Morgan fingerprint density at radius 2 is 1.94 bits per heavy atom. The van der Waals surface area contributed by atoms with Crippen molar-refractivity contribution in [1.29, 1.82) is 0 Å². The second kappa shape index (κ2) is 11.8. The molecule has 1 atom stereocenters. The van der Waals surface area contributed by atoms with Gasteiger partial charge in [-0.25, -0.2) is 9.97 Å². The fourth-order valence-electron chi connectivity index (χ4n) is 4.78. The molecule has 1 aromatic heterocycles. The first-order chi connectivity index (χ1) is 16.5. The highest BCUT2D eigenvalue weighted by Crippen LogP contribution is 2.29. The summed E-state index contributed by atoms with van der Waals surface area (Å²) in [5.41, 5.74) is 0.307. The second-order valence-corrected chi connectivity index (χ2v) is 9.26. The van der Waals surface area contributed by atoms with E-state index in [1.54, 1.807) is 19.5 Å². The summed E-state index contributed by atoms with van der Waals surface area (Å²) in [5.74, 6) is 2.17. The monoisotopic (exact) mass is 471 g/mol. The number of aliphatic hydroxyl groups is 1. The maximum Gasteiger partial charge on any atom is 0.225 e. The number of hydrogen-bond donors (Lipinski definition) is 1. The van der Waals surface area contributed by atoms with E-state index in [1.807, 2.05) is 25.2 Å². The molecule has 2 aliphatic heterocycles. The number of rotatable bonds is 10. The SMILES string of the molecule is COc1cc(CN(C)C[C@]2(O)CCCN(c3ncccn3)C2)ccc1OCCN1CCOCC1. The molecule has 2 fully saturated rings. The fraction of sp³-hybridized carbons (Fsp3) is 0.600. The Labute approximate surface area is 202 Å². The number of benzene rings is 1. The molecular weight excluding hydrogens is 434 g/mol. The Hall–Kier alpha value is -2.46. The maximum atomic E-state index is 11.3. The van der Waals surface area contributed by atoms with Gasteiger partial charge in [0.05, 0.1) is 32.5 Å². The molecule has 0 bridgehead atoms. The van der Waals surface area contributed by atoms with Gasteiger partial charge in [-0.1, -0.05) is 6.07 Å². The van der Waals surface area contributed by atoms with Crippen LogP contribution in [0.2, 0.25) is 0 Å². The molecule has 0 spiro atoms. The summed E-state index contributed by atoms with van der Waals surface area (Å²) >= 11 is 0. The van der Waals surface area contributed by atoms with Crippen LogP contribution < -0.4 is 14.4 Å². The van der Waals surface area contributed by atoms with Gasteiger partial charge in [0.15, 0.2) is 11.5 Å². The maximum absolute atomic E-state index is 11.3. The van der Waals surface area contributed by atoms with Crippen LogP contribution in [0.15, 0.2) is 36.7 Å². The van der Waals surface area contributed by atoms with E-state index in [2.05, 4.69) is 30.7 Å². The lowest BCUT2D eigenvalue weighted by Gasteiger charge is -2.41. The van der Waals surface area contributed by atoms with E-state index < -0.39 is 5.60 Å². The molecule has 1 N–H and O–H groups in total. The normalized spacial score (nSPS) is 21.6. The van der Waals surface area contributed by atoms with Crippen LogP contribution in [0, 0.1) is 0 Å². The van der Waals surface area contributed by atoms with Gasteiger partial charge in [-0.3, -0.25) is 9.80 Å². The quantitative estimate of drug-likeness (QED) is 0.556. The first kappa shape index (κ1) is 24.7. The topological polar surface area (TPSA) is 83.4 Å². The van der Waals surface area contributed by atoms with E-state index in [0.29, 0.717) is 32.2 Å². The van der Waals surface area contributed by atoms with Gasteiger partial charge in [0.2, 0.25) is 5.95 Å². The molecular formula is C25H37N5O4. The van der Waals surface area contributed by atoms with Crippen molar-refractivity contribution >= 4 is 5.95 Å². The third kappa shape index (κ3) is 6.79. The lowest BCUT2D eigenvalue weighted by atomic mass is 9.92. The van der Waals surface area contributed by atoms with Gasteiger partial charge in [0.25, 0.3) is 0 Å². The fourth-order valence-corrected chi connectivity index (χ4v) is 4.78. The molecule has 0 radical (unpaired) electrons. The minimum atomic E-state index is -0.807. The van der Waals surface area contributed by atoms with Crippen molar-refractivity contribution in [2.45, 2.75) is 25.0 Å². The van der Waals surface area contributed by atoms with Crippen LogP contribution in [0.1, 0.15) is 18.4 Å². The molecule has 2 saturated heterocycles. The highest BCUT2D eigenvalue weighted by Gasteiger charge is 2.35. The molecule has 9 nitrogen and oxygen atoms in total. The lowest BCUT2D eigenvalue weighted by Crippen LogP contribution is -2.54. The van der Waals surface area contributed by atoms with Gasteiger partial charge in [0, 0.05) is 51.7 Å². The number of methoxy groups -OCH3 is 1. The molecule has 9 heteroatoms. The van der Waals surface area contributed by atoms with Crippen LogP contribution in [-0.2, 0) is 11.3 Å². The first-order valence-electron chi connectivity index (χ1n) is 12.1. The van der Waals surface area contributed by atoms with Crippen molar-refractivity contribution in [2.75, 3.05) is 78.1 Å². The van der Waals surface area contributed by atoms with Crippen molar-refractivity contribution in [3.05, 3.63) is 42.2 Å². The van der Waals surface area contributed by atoms with Gasteiger partial charge in [0.1, 0.15) is 6.61 Å². The number of piperidine rings is 1. The summed E-state index contributed by atoms with van der Waals surface area (Å²) in [6.45, 7) is 7.64. The lowest BCUT2D eigenvalue weighted by molar-refractivity contribution is -0.00367. The van der Waals surface area contributed by atoms with Crippen molar-refractivity contribution in [3.63, 3.8) is 0 Å². The predicted molar refractivity (Wildman–Crippen MR) is 131 cm³/mol. The minimum absolute atomic E-state index is 0.528. The number of aromatic nitrogens is 2. The van der Waals surface area contributed by atoms with Crippen molar-refractivity contribution in [1.82, 2.24) is 19.8 Å². The van der Waals surface area contributed by atoms with Gasteiger partial charge in [-0.05, 0) is 43.7 Å². The van der Waals surface area contributed by atoms with Crippen LogP contribution >= 0.6 is 0 Å². The van der Waals surface area contributed by atoms with Crippen LogP contribution in [0.5, 0.6) is 11.5 Å². The number of ether oxygens (including phenoxy) is 3. The summed E-state index contributed by atoms with van der Waals surface area (Å²) < 4.78 is 17.0. The Morgan fingerprint density at radius 1 is 1.15 bits per heavy atom. The van der Waals surface area contributed by atoms with Crippen molar-refractivity contribution < 1.29 is 19.3 Å². The summed E-state index contributed by atoms with van der Waals surface area (Å²) in [5, 5.41) is 11.3. The van der Waals surface area contributed by atoms with Gasteiger partial charge < -0.3 is 24.2 Å². The van der Waals surface area contributed by atoms with Gasteiger partial charge in [-0.2, -0.15) is 0 Å². The van der Waals surface area contributed by atoms with Crippen LogP contribution in [0.25, 0.3) is 0 Å². The van der Waals surface area contributed by atoms with E-state index in [9.17, 15) is 5.11 Å². The summed E-state index contributed by atoms with van der Waals surface area (Å²) in [6, 6.07) is 7.88. The van der Waals surface area contributed by atoms with Crippen molar-refractivity contribution in [3.8, 4) is 11.5 Å². The molecule has 0 saturated carbocycles. The zero-order valence-corrected chi connectivity index (χ0v) is 20.4. The number of nitrogens with zero attached hydrogens (tertiary/aromatic N) is 5. The van der Waals surface area contributed by atoms with E-state index in [1.165, 1.54) is 0 Å². The zero-order chi connectivity index (χ0) is 23.8. The average molecular weight is 472 g/mol. The highest BCUT2D eigenvalue weighted by molar-refractivity contribution is 5.43. The number of anilines is 1. The van der Waals surface area contributed by atoms with Crippen molar-refractivity contribution in [2.24, 2.45) is 0 Å². The summed E-state index contributed by atoms with van der Waals surface area (Å²) in [4.78, 5) is 15.3. The van der Waals surface area contributed by atoms with Crippen LogP contribution in [-0.4, -0.2) is 104 Å². The highest BCUT2D eigenvalue weighted by atomic mass is 16.5. The molecule has 0 amide bonds. The van der Waals surface area contributed by atoms with Gasteiger partial charge in [-0.15, -0.1) is 0 Å². The van der Waals surface area contributed by atoms with Crippen LogP contribution in [0.3, 0.4) is 0 Å². The van der Waals surface area contributed by atoms with E-state index >= 15 is 0 Å². The standard InChI is InChI=1S/C25H37N5O4/c1-28(19-25(31)7-3-10-30(20-25)24-26-8-4-9-27-24)18-21-5-6-22(23(17-21)32-2)34-16-13-29-11-14-33-15-12-29/h4-6,8-9,17,31H,3,7,10-16,18-20H2,1-2H3/t25-/m1/s1. The molecule has 34 heavy (non-hydrogen) atoms. The molecule has 2 aliphatic rings. The van der Waals surface area contributed by atoms with Crippen LogP contribution in [0.4, 0.5) is 5.95 Å². The Balaban J connectivity index is 1.30. The Morgan fingerprint density at radius 3 is 2.71 bits per heavy atom. The summed E-state index contributed by atoms with van der Waals surface area (Å²) in [6.07, 6.45) is 5.16. The third-order valence-electron chi connectivity index (χ3n) is 6.40. The first-order valence-corrected chi connectivity index (χ1v) is 12.1. The zero-order valence-electron chi connectivity index (χ0n) is 20.4. The Kier molecular flexibility index (Phi) is 8.55. The molecule has 186 valence electrons. The molecule has 4 rings (SSSR count). The molecule has 0 aliphatic carbocycles. The number of β-amino-alcohol motifs (C(OH)–C–C–N with tert-alkyl or cyclic N) is 1. The average Bonchev–Trinajstić information content (AvgIpc) is 2.85. The molecule has 3 heterocycles. The smallest absolute Gasteiger partial charge is 0.225 e. The Bertz CT molecular complexity index is 896. The molecule has 0 unspecified atom stereocenters. The number of morpholine rings is 1.